The van der Waals surface area contributed by atoms with E-state index in [0.29, 0.717) is 22.1 Å². The van der Waals surface area contributed by atoms with E-state index < -0.39 is 0 Å². The van der Waals surface area contributed by atoms with Gasteiger partial charge in [0.1, 0.15) is 11.5 Å². The lowest BCUT2D eigenvalue weighted by atomic mass is 9.87. The predicted molar refractivity (Wildman–Crippen MR) is 109 cm³/mol. The molecule has 138 valence electrons. The highest BCUT2D eigenvalue weighted by molar-refractivity contribution is 6.30. The number of amides is 1. The first kappa shape index (κ1) is 18.9. The van der Waals surface area contributed by atoms with Crippen molar-refractivity contribution in [2.75, 3.05) is 0 Å². The predicted octanol–water partition coefficient (Wildman–Crippen LogP) is 5.66. The average molecular weight is 381 g/mol. The first-order valence-electron chi connectivity index (χ1n) is 8.63. The summed E-state index contributed by atoms with van der Waals surface area (Å²) in [5, 5.41) is 4.64. The van der Waals surface area contributed by atoms with E-state index in [1.165, 1.54) is 11.8 Å². The second-order valence-corrected chi connectivity index (χ2v) is 7.67. The van der Waals surface area contributed by atoms with E-state index in [1.807, 2.05) is 30.3 Å². The van der Waals surface area contributed by atoms with Gasteiger partial charge in [0.25, 0.3) is 5.91 Å². The van der Waals surface area contributed by atoms with Crippen molar-refractivity contribution in [3.05, 3.63) is 82.6 Å². The summed E-state index contributed by atoms with van der Waals surface area (Å²) in [5.41, 5.74) is 5.21. The van der Waals surface area contributed by atoms with Crippen molar-refractivity contribution in [3.8, 4) is 11.3 Å². The molecule has 3 rings (SSSR count). The molecule has 0 spiro atoms. The van der Waals surface area contributed by atoms with Crippen LogP contribution in [0.3, 0.4) is 0 Å². The molecule has 3 aromatic rings. The normalized spacial score (nSPS) is 11.7. The van der Waals surface area contributed by atoms with Gasteiger partial charge >= 0.3 is 0 Å². The minimum Gasteiger partial charge on any atom is -0.455 e. The molecule has 0 unspecified atom stereocenters. The summed E-state index contributed by atoms with van der Waals surface area (Å²) in [5.74, 6) is 0.983. The van der Waals surface area contributed by atoms with Gasteiger partial charge in [0, 0.05) is 16.1 Å². The smallest absolute Gasteiger partial charge is 0.271 e. The first-order valence-corrected chi connectivity index (χ1v) is 9.00. The van der Waals surface area contributed by atoms with Crippen LogP contribution >= 0.6 is 11.6 Å². The van der Waals surface area contributed by atoms with Gasteiger partial charge in [-0.2, -0.15) is 5.10 Å². The number of rotatable bonds is 4. The molecule has 5 heteroatoms. The van der Waals surface area contributed by atoms with Crippen molar-refractivity contribution in [2.45, 2.75) is 26.2 Å². The first-order chi connectivity index (χ1) is 12.8. The maximum Gasteiger partial charge on any atom is 0.271 e. The fourth-order valence-electron chi connectivity index (χ4n) is 2.53. The molecular formula is C22H21ClN2O2. The van der Waals surface area contributed by atoms with Crippen LogP contribution in [0.5, 0.6) is 0 Å². The summed E-state index contributed by atoms with van der Waals surface area (Å²) in [4.78, 5) is 12.2. The Morgan fingerprint density at radius 2 is 1.67 bits per heavy atom. The van der Waals surface area contributed by atoms with Crippen molar-refractivity contribution in [1.29, 1.82) is 0 Å². The third kappa shape index (κ3) is 4.86. The van der Waals surface area contributed by atoms with Crippen LogP contribution in [-0.4, -0.2) is 12.1 Å². The van der Waals surface area contributed by atoms with Gasteiger partial charge in [-0.1, -0.05) is 44.5 Å². The highest BCUT2D eigenvalue weighted by atomic mass is 35.5. The van der Waals surface area contributed by atoms with Gasteiger partial charge in [0.05, 0.1) is 6.21 Å². The van der Waals surface area contributed by atoms with E-state index in [2.05, 4.69) is 31.3 Å². The maximum atomic E-state index is 12.2. The SMILES string of the molecule is CC(C)(C)c1ccc(C(=O)N/N=C/c2ccc(-c3ccc(Cl)cc3)o2)cc1. The number of carbonyl (C=O) groups excluding carboxylic acids is 1. The molecule has 1 N–H and O–H groups in total. The zero-order valence-electron chi connectivity index (χ0n) is 15.5. The molecule has 1 aromatic heterocycles. The number of carbonyl (C=O) groups is 1. The summed E-state index contributed by atoms with van der Waals surface area (Å²) in [6.07, 6.45) is 1.47. The van der Waals surface area contributed by atoms with Crippen molar-refractivity contribution in [3.63, 3.8) is 0 Å². The summed E-state index contributed by atoms with van der Waals surface area (Å²) >= 11 is 5.89. The van der Waals surface area contributed by atoms with Crippen molar-refractivity contribution < 1.29 is 9.21 Å². The molecule has 0 bridgehead atoms. The van der Waals surface area contributed by atoms with Crippen LogP contribution in [-0.2, 0) is 5.41 Å². The van der Waals surface area contributed by atoms with E-state index in [9.17, 15) is 4.79 Å². The molecule has 0 saturated carbocycles. The summed E-state index contributed by atoms with van der Waals surface area (Å²) in [7, 11) is 0. The monoisotopic (exact) mass is 380 g/mol. The topological polar surface area (TPSA) is 54.6 Å². The molecule has 0 aliphatic carbocycles. The van der Waals surface area contributed by atoms with Gasteiger partial charge in [-0.15, -0.1) is 0 Å². The third-order valence-electron chi connectivity index (χ3n) is 4.13. The molecule has 0 saturated heterocycles. The number of benzene rings is 2. The average Bonchev–Trinajstić information content (AvgIpc) is 3.10. The van der Waals surface area contributed by atoms with Gasteiger partial charge in [-0.25, -0.2) is 5.43 Å². The minimum atomic E-state index is -0.267. The van der Waals surface area contributed by atoms with E-state index >= 15 is 0 Å². The fraction of sp³-hybridized carbons (Fsp3) is 0.182. The van der Waals surface area contributed by atoms with Gasteiger partial charge in [0.2, 0.25) is 0 Å². The van der Waals surface area contributed by atoms with E-state index in [0.717, 1.165) is 5.56 Å². The fourth-order valence-corrected chi connectivity index (χ4v) is 2.66. The number of nitrogens with zero attached hydrogens (tertiary/aromatic N) is 1. The molecular weight excluding hydrogens is 360 g/mol. The zero-order chi connectivity index (χ0) is 19.4. The Morgan fingerprint density at radius 1 is 1.00 bits per heavy atom. The number of halogens is 1. The molecule has 1 amide bonds. The standard InChI is InChI=1S/C22H21ClN2O2/c1-22(2,3)17-8-4-16(5-9-17)21(26)25-24-14-19-12-13-20(27-19)15-6-10-18(23)11-7-15/h4-14H,1-3H3,(H,25,26)/b24-14+. The van der Waals surface area contributed by atoms with Crippen molar-refractivity contribution in [1.82, 2.24) is 5.43 Å². The number of hydrogen-bond acceptors (Lipinski definition) is 3. The van der Waals surface area contributed by atoms with Crippen molar-refractivity contribution >= 4 is 23.7 Å². The van der Waals surface area contributed by atoms with Crippen LogP contribution in [0.25, 0.3) is 11.3 Å². The van der Waals surface area contributed by atoms with Gasteiger partial charge in [-0.05, 0) is 59.5 Å². The Kier molecular flexibility index (Phi) is 5.47. The molecule has 0 aliphatic heterocycles. The van der Waals surface area contributed by atoms with Crippen LogP contribution in [0.2, 0.25) is 5.02 Å². The number of hydrogen-bond donors (Lipinski definition) is 1. The van der Waals surface area contributed by atoms with Crippen LogP contribution < -0.4 is 5.43 Å². The largest absolute Gasteiger partial charge is 0.455 e. The molecule has 0 radical (unpaired) electrons. The highest BCUT2D eigenvalue weighted by Crippen LogP contribution is 2.23. The Bertz CT molecular complexity index is 949. The van der Waals surface area contributed by atoms with Crippen LogP contribution in [0.4, 0.5) is 0 Å². The van der Waals surface area contributed by atoms with Crippen LogP contribution in [0.15, 0.2) is 70.2 Å². The molecule has 4 nitrogen and oxygen atoms in total. The molecule has 27 heavy (non-hydrogen) atoms. The quantitative estimate of drug-likeness (QED) is 0.469. The maximum absolute atomic E-state index is 12.2. The van der Waals surface area contributed by atoms with Gasteiger partial charge < -0.3 is 4.42 Å². The lowest BCUT2D eigenvalue weighted by Gasteiger charge is -2.18. The second-order valence-electron chi connectivity index (χ2n) is 7.24. The van der Waals surface area contributed by atoms with Crippen molar-refractivity contribution in [2.24, 2.45) is 5.10 Å². The van der Waals surface area contributed by atoms with Crippen LogP contribution in [0, 0.1) is 0 Å². The van der Waals surface area contributed by atoms with E-state index in [4.69, 9.17) is 16.0 Å². The lowest BCUT2D eigenvalue weighted by Crippen LogP contribution is -2.18. The van der Waals surface area contributed by atoms with Gasteiger partial charge in [0.15, 0.2) is 0 Å². The Hall–Kier alpha value is -2.85. The Labute approximate surface area is 163 Å². The number of hydrazone groups is 1. The van der Waals surface area contributed by atoms with E-state index in [-0.39, 0.29) is 11.3 Å². The summed E-state index contributed by atoms with van der Waals surface area (Å²) in [6, 6.07) is 18.5. The minimum absolute atomic E-state index is 0.0498. The summed E-state index contributed by atoms with van der Waals surface area (Å²) in [6.45, 7) is 6.40. The van der Waals surface area contributed by atoms with Crippen LogP contribution in [0.1, 0.15) is 42.5 Å². The number of furan rings is 1. The highest BCUT2D eigenvalue weighted by Gasteiger charge is 2.14. The zero-order valence-corrected chi connectivity index (χ0v) is 16.2. The molecule has 2 aromatic carbocycles. The Morgan fingerprint density at radius 3 is 2.30 bits per heavy atom. The third-order valence-corrected chi connectivity index (χ3v) is 4.38. The lowest BCUT2D eigenvalue weighted by molar-refractivity contribution is 0.0955. The number of nitrogens with one attached hydrogen (secondary N) is 1. The van der Waals surface area contributed by atoms with Gasteiger partial charge in [-0.3, -0.25) is 4.79 Å². The second kappa shape index (κ2) is 7.80. The Balaban J connectivity index is 1.62. The molecule has 0 aliphatic rings. The molecule has 0 fully saturated rings. The molecule has 0 atom stereocenters. The van der Waals surface area contributed by atoms with E-state index in [1.54, 1.807) is 30.3 Å². The summed E-state index contributed by atoms with van der Waals surface area (Å²) < 4.78 is 5.71. The molecule has 1 heterocycles.